The molecule has 2 N–H and O–H groups in total. The van der Waals surface area contributed by atoms with Gasteiger partial charge >= 0.3 is 11.8 Å². The molecule has 2 amide bonds. The van der Waals surface area contributed by atoms with Gasteiger partial charge in [0.15, 0.2) is 9.84 Å². The van der Waals surface area contributed by atoms with Crippen molar-refractivity contribution < 1.29 is 26.8 Å². The van der Waals surface area contributed by atoms with Gasteiger partial charge in [-0.2, -0.15) is 0 Å². The van der Waals surface area contributed by atoms with Gasteiger partial charge in [-0.25, -0.2) is 12.8 Å². The van der Waals surface area contributed by atoms with Crippen molar-refractivity contribution in [2.45, 2.75) is 17.1 Å². The second-order valence-electron chi connectivity index (χ2n) is 6.53. The molecule has 1 unspecified atom stereocenters. The second-order valence-corrected chi connectivity index (χ2v) is 8.66. The Kier molecular flexibility index (Phi) is 6.31. The van der Waals surface area contributed by atoms with Gasteiger partial charge in [0.25, 0.3) is 0 Å². The highest BCUT2D eigenvalue weighted by atomic mass is 32.2. The minimum Gasteiger partial charge on any atom is -0.468 e. The molecule has 0 fully saturated rings. The minimum atomic E-state index is -3.91. The van der Waals surface area contributed by atoms with Crippen LogP contribution in [0.5, 0.6) is 0 Å². The standard InChI is InChI=1S/C21H19FN2O5S/c1-14-4-10-17(11-5-14)30(27,28)19(18-3-2-12-29-18)13-23-20(25)21(26)24-16-8-6-15(22)7-9-16/h2-12,19H,13H2,1H3,(H,23,25)(H,24,26). The molecule has 3 aromatic rings. The summed E-state index contributed by atoms with van der Waals surface area (Å²) in [7, 11) is -3.91. The molecule has 3 rings (SSSR count). The summed E-state index contributed by atoms with van der Waals surface area (Å²) in [6, 6.07) is 14.2. The third kappa shape index (κ3) is 4.93. The first-order valence-corrected chi connectivity index (χ1v) is 10.5. The van der Waals surface area contributed by atoms with Crippen LogP contribution in [0.1, 0.15) is 16.6 Å². The molecular weight excluding hydrogens is 411 g/mol. The molecule has 0 saturated carbocycles. The molecule has 0 saturated heterocycles. The number of rotatable bonds is 6. The maximum Gasteiger partial charge on any atom is 0.313 e. The van der Waals surface area contributed by atoms with Gasteiger partial charge in [-0.05, 0) is 55.5 Å². The first kappa shape index (κ1) is 21.3. The molecular formula is C21H19FN2O5S. The predicted molar refractivity (Wildman–Crippen MR) is 108 cm³/mol. The summed E-state index contributed by atoms with van der Waals surface area (Å²) >= 11 is 0. The van der Waals surface area contributed by atoms with E-state index < -0.39 is 32.7 Å². The summed E-state index contributed by atoms with van der Waals surface area (Å²) in [5, 5.41) is 3.41. The van der Waals surface area contributed by atoms with Crippen molar-refractivity contribution in [3.8, 4) is 0 Å². The largest absolute Gasteiger partial charge is 0.468 e. The molecule has 0 aliphatic rings. The number of amides is 2. The van der Waals surface area contributed by atoms with E-state index in [2.05, 4.69) is 10.6 Å². The van der Waals surface area contributed by atoms with Crippen LogP contribution < -0.4 is 10.6 Å². The van der Waals surface area contributed by atoms with Crippen molar-refractivity contribution in [2.24, 2.45) is 0 Å². The van der Waals surface area contributed by atoms with Crippen molar-refractivity contribution in [1.82, 2.24) is 5.32 Å². The molecule has 30 heavy (non-hydrogen) atoms. The number of halogens is 1. The molecule has 1 atom stereocenters. The Bertz CT molecular complexity index is 1130. The van der Waals surface area contributed by atoms with Crippen molar-refractivity contribution in [3.05, 3.63) is 84.1 Å². The fourth-order valence-corrected chi connectivity index (χ4v) is 4.30. The summed E-state index contributed by atoms with van der Waals surface area (Å²) in [4.78, 5) is 24.3. The summed E-state index contributed by atoms with van der Waals surface area (Å²) < 4.78 is 44.4. The van der Waals surface area contributed by atoms with E-state index in [0.717, 1.165) is 17.7 Å². The van der Waals surface area contributed by atoms with Gasteiger partial charge in [-0.1, -0.05) is 17.7 Å². The van der Waals surface area contributed by atoms with Crippen LogP contribution in [0.4, 0.5) is 10.1 Å². The third-order valence-electron chi connectivity index (χ3n) is 4.34. The van der Waals surface area contributed by atoms with Crippen molar-refractivity contribution in [2.75, 3.05) is 11.9 Å². The van der Waals surface area contributed by atoms with Crippen LogP contribution >= 0.6 is 0 Å². The van der Waals surface area contributed by atoms with Crippen molar-refractivity contribution in [3.63, 3.8) is 0 Å². The van der Waals surface area contributed by atoms with E-state index in [-0.39, 0.29) is 22.9 Å². The molecule has 1 aromatic heterocycles. The zero-order chi connectivity index (χ0) is 21.7. The lowest BCUT2D eigenvalue weighted by Gasteiger charge is -2.17. The van der Waals surface area contributed by atoms with Crippen LogP contribution in [0.3, 0.4) is 0 Å². The lowest BCUT2D eigenvalue weighted by atomic mass is 10.2. The Balaban J connectivity index is 1.74. The molecule has 0 aliphatic carbocycles. The summed E-state index contributed by atoms with van der Waals surface area (Å²) in [6.07, 6.45) is 1.33. The third-order valence-corrected chi connectivity index (χ3v) is 6.42. The van der Waals surface area contributed by atoms with Gasteiger partial charge in [0.2, 0.25) is 0 Å². The Morgan fingerprint density at radius 1 is 1.00 bits per heavy atom. The molecule has 7 nitrogen and oxygen atoms in total. The summed E-state index contributed by atoms with van der Waals surface area (Å²) in [5.74, 6) is -2.39. The van der Waals surface area contributed by atoms with E-state index in [1.807, 2.05) is 6.92 Å². The Morgan fingerprint density at radius 3 is 2.27 bits per heavy atom. The van der Waals surface area contributed by atoms with Crippen LogP contribution in [-0.2, 0) is 19.4 Å². The predicted octanol–water partition coefficient (Wildman–Crippen LogP) is 3.00. The highest BCUT2D eigenvalue weighted by Crippen LogP contribution is 2.29. The zero-order valence-corrected chi connectivity index (χ0v) is 16.8. The van der Waals surface area contributed by atoms with Crippen LogP contribution in [0.2, 0.25) is 0 Å². The smallest absolute Gasteiger partial charge is 0.313 e. The van der Waals surface area contributed by atoms with E-state index in [1.165, 1.54) is 42.7 Å². The fourth-order valence-electron chi connectivity index (χ4n) is 2.72. The van der Waals surface area contributed by atoms with Crippen LogP contribution in [0.15, 0.2) is 76.2 Å². The molecule has 0 spiro atoms. The molecule has 0 bridgehead atoms. The number of anilines is 1. The van der Waals surface area contributed by atoms with Gasteiger partial charge < -0.3 is 15.1 Å². The number of nitrogens with one attached hydrogen (secondary N) is 2. The van der Waals surface area contributed by atoms with Gasteiger partial charge in [0.05, 0.1) is 11.2 Å². The van der Waals surface area contributed by atoms with Crippen LogP contribution in [0.25, 0.3) is 0 Å². The van der Waals surface area contributed by atoms with E-state index in [0.29, 0.717) is 0 Å². The second kappa shape index (κ2) is 8.91. The number of carbonyl (C=O) groups excluding carboxylic acids is 2. The summed E-state index contributed by atoms with van der Waals surface area (Å²) in [6.45, 7) is 1.46. The number of hydrogen-bond donors (Lipinski definition) is 2. The van der Waals surface area contributed by atoms with Crippen LogP contribution in [0, 0.1) is 12.7 Å². The summed E-state index contributed by atoms with van der Waals surface area (Å²) in [5.41, 5.74) is 1.13. The number of furan rings is 1. The monoisotopic (exact) mass is 430 g/mol. The lowest BCUT2D eigenvalue weighted by Crippen LogP contribution is -2.39. The first-order valence-electron chi connectivity index (χ1n) is 8.96. The quantitative estimate of drug-likeness (QED) is 0.585. The molecule has 0 radical (unpaired) electrons. The molecule has 1 heterocycles. The Hall–Kier alpha value is -3.46. The number of carbonyl (C=O) groups is 2. The number of sulfone groups is 1. The van der Waals surface area contributed by atoms with Crippen molar-refractivity contribution in [1.29, 1.82) is 0 Å². The Labute approximate surface area is 172 Å². The Morgan fingerprint density at radius 2 is 1.67 bits per heavy atom. The number of benzene rings is 2. The maximum atomic E-state index is 13.1. The fraction of sp³-hybridized carbons (Fsp3) is 0.143. The average Bonchev–Trinajstić information content (AvgIpc) is 3.24. The van der Waals surface area contributed by atoms with E-state index in [9.17, 15) is 22.4 Å². The van der Waals surface area contributed by atoms with Gasteiger partial charge in [0, 0.05) is 12.2 Å². The van der Waals surface area contributed by atoms with E-state index in [4.69, 9.17) is 4.42 Å². The van der Waals surface area contributed by atoms with E-state index >= 15 is 0 Å². The molecule has 2 aromatic carbocycles. The highest BCUT2D eigenvalue weighted by Gasteiger charge is 2.32. The van der Waals surface area contributed by atoms with Crippen LogP contribution in [-0.4, -0.2) is 26.8 Å². The molecule has 0 aliphatic heterocycles. The van der Waals surface area contributed by atoms with Gasteiger partial charge in [-0.3, -0.25) is 9.59 Å². The number of hydrogen-bond acceptors (Lipinski definition) is 5. The first-order chi connectivity index (χ1) is 14.3. The van der Waals surface area contributed by atoms with Crippen molar-refractivity contribution >= 4 is 27.3 Å². The average molecular weight is 430 g/mol. The molecule has 9 heteroatoms. The molecule has 156 valence electrons. The van der Waals surface area contributed by atoms with Gasteiger partial charge in [0.1, 0.15) is 16.8 Å². The SMILES string of the molecule is Cc1ccc(S(=O)(=O)C(CNC(=O)C(=O)Nc2ccc(F)cc2)c2ccco2)cc1. The minimum absolute atomic E-state index is 0.0690. The lowest BCUT2D eigenvalue weighted by molar-refractivity contribution is -0.136. The number of aryl methyl sites for hydroxylation is 1. The topological polar surface area (TPSA) is 105 Å². The van der Waals surface area contributed by atoms with Gasteiger partial charge in [-0.15, -0.1) is 0 Å². The zero-order valence-electron chi connectivity index (χ0n) is 16.0. The van der Waals surface area contributed by atoms with E-state index in [1.54, 1.807) is 12.1 Å². The normalized spacial score (nSPS) is 12.2. The highest BCUT2D eigenvalue weighted by molar-refractivity contribution is 7.91. The maximum absolute atomic E-state index is 13.1.